The molecule has 2 aromatic carbocycles. The predicted molar refractivity (Wildman–Crippen MR) is 163 cm³/mol. The number of anilines is 1. The molecule has 11 heteroatoms. The first-order chi connectivity index (χ1) is 19.9. The van der Waals surface area contributed by atoms with Crippen LogP contribution in [0.25, 0.3) is 11.1 Å². The molecule has 1 N–H and O–H groups in total. The van der Waals surface area contributed by atoms with Crippen molar-refractivity contribution in [2.24, 2.45) is 0 Å². The summed E-state index contributed by atoms with van der Waals surface area (Å²) in [4.78, 5) is 13.5. The number of rotatable bonds is 12. The standard InChI is InChI=1S/C31H41N5O5S/c1-8-10-15-28-32-36(31(5,6)7)30(37)35(28)19-23-16-17-25(24(18-23)20-40-9-2)26-13-11-12-14-27(26)42(38,39)34-29-21(3)22(4)41-33-29/h11-14,16-18H,8-10,15,19-20H2,1-7H3,(H,33,34). The van der Waals surface area contributed by atoms with Crippen LogP contribution in [0.2, 0.25) is 0 Å². The van der Waals surface area contributed by atoms with Gasteiger partial charge in [0, 0.05) is 24.2 Å². The summed E-state index contributed by atoms with van der Waals surface area (Å²) in [7, 11) is -4.00. The zero-order valence-corrected chi connectivity index (χ0v) is 26.3. The lowest BCUT2D eigenvalue weighted by Crippen LogP contribution is -2.36. The minimum Gasteiger partial charge on any atom is -0.377 e. The van der Waals surface area contributed by atoms with Crippen molar-refractivity contribution in [1.29, 1.82) is 0 Å². The van der Waals surface area contributed by atoms with E-state index in [0.717, 1.165) is 35.4 Å². The minimum atomic E-state index is -4.00. The highest BCUT2D eigenvalue weighted by molar-refractivity contribution is 7.92. The van der Waals surface area contributed by atoms with Gasteiger partial charge in [0.25, 0.3) is 10.0 Å². The lowest BCUT2D eigenvalue weighted by molar-refractivity contribution is 0.134. The largest absolute Gasteiger partial charge is 0.377 e. The lowest BCUT2D eigenvalue weighted by Gasteiger charge is -2.17. The van der Waals surface area contributed by atoms with Gasteiger partial charge in [-0.05, 0) is 70.7 Å². The van der Waals surface area contributed by atoms with Gasteiger partial charge in [0.2, 0.25) is 0 Å². The van der Waals surface area contributed by atoms with Crippen LogP contribution >= 0.6 is 0 Å². The van der Waals surface area contributed by atoms with E-state index in [9.17, 15) is 13.2 Å². The third-order valence-electron chi connectivity index (χ3n) is 7.16. The molecule has 10 nitrogen and oxygen atoms in total. The summed E-state index contributed by atoms with van der Waals surface area (Å²) in [6, 6.07) is 12.6. The molecule has 42 heavy (non-hydrogen) atoms. The number of nitrogens with zero attached hydrogens (tertiary/aromatic N) is 4. The van der Waals surface area contributed by atoms with E-state index in [4.69, 9.17) is 9.26 Å². The fourth-order valence-corrected chi connectivity index (χ4v) is 5.97. The van der Waals surface area contributed by atoms with Crippen molar-refractivity contribution >= 4 is 15.8 Å². The van der Waals surface area contributed by atoms with Gasteiger partial charge >= 0.3 is 5.69 Å². The Morgan fingerprint density at radius 2 is 1.79 bits per heavy atom. The maximum Gasteiger partial charge on any atom is 0.346 e. The molecule has 0 amide bonds. The minimum absolute atomic E-state index is 0.111. The quantitative estimate of drug-likeness (QED) is 0.220. The van der Waals surface area contributed by atoms with Crippen molar-refractivity contribution in [2.45, 2.75) is 91.3 Å². The SMILES string of the molecule is CCCCc1nn(C(C)(C)C)c(=O)n1Cc1ccc(-c2ccccc2S(=O)(=O)Nc2noc(C)c2C)c(COCC)c1. The number of benzene rings is 2. The van der Waals surface area contributed by atoms with Crippen LogP contribution in [0.4, 0.5) is 5.82 Å². The molecule has 0 saturated heterocycles. The molecule has 0 unspecified atom stereocenters. The zero-order valence-electron chi connectivity index (χ0n) is 25.5. The molecule has 2 aromatic heterocycles. The molecule has 0 saturated carbocycles. The Labute approximate surface area is 247 Å². The molecule has 0 spiro atoms. The van der Waals surface area contributed by atoms with E-state index in [-0.39, 0.29) is 23.0 Å². The third-order valence-corrected chi connectivity index (χ3v) is 8.55. The van der Waals surface area contributed by atoms with E-state index in [1.54, 1.807) is 47.4 Å². The van der Waals surface area contributed by atoms with Crippen molar-refractivity contribution in [1.82, 2.24) is 19.5 Å². The van der Waals surface area contributed by atoms with E-state index in [1.807, 2.05) is 45.9 Å². The Morgan fingerprint density at radius 1 is 1.05 bits per heavy atom. The molecule has 0 fully saturated rings. The maximum atomic E-state index is 13.6. The number of nitrogens with one attached hydrogen (secondary N) is 1. The highest BCUT2D eigenvalue weighted by atomic mass is 32.2. The maximum absolute atomic E-state index is 13.6. The Morgan fingerprint density at radius 3 is 2.43 bits per heavy atom. The molecule has 0 aliphatic rings. The third kappa shape index (κ3) is 6.68. The van der Waals surface area contributed by atoms with Crippen molar-refractivity contribution < 1.29 is 17.7 Å². The highest BCUT2D eigenvalue weighted by Gasteiger charge is 2.25. The van der Waals surface area contributed by atoms with Crippen LogP contribution in [0.15, 0.2) is 56.7 Å². The van der Waals surface area contributed by atoms with Crippen LogP contribution < -0.4 is 10.4 Å². The first kappa shape index (κ1) is 31.2. The van der Waals surface area contributed by atoms with E-state index in [1.165, 1.54) is 0 Å². The van der Waals surface area contributed by atoms with Crippen LogP contribution in [-0.4, -0.2) is 34.5 Å². The number of aryl methyl sites for hydroxylation is 2. The summed E-state index contributed by atoms with van der Waals surface area (Å²) in [6.45, 7) is 14.5. The molecule has 0 radical (unpaired) electrons. The van der Waals surface area contributed by atoms with Crippen LogP contribution in [0.3, 0.4) is 0 Å². The first-order valence-electron chi connectivity index (χ1n) is 14.3. The van der Waals surface area contributed by atoms with Gasteiger partial charge in [-0.2, -0.15) is 5.10 Å². The van der Waals surface area contributed by atoms with Gasteiger partial charge in [0.15, 0.2) is 5.82 Å². The van der Waals surface area contributed by atoms with E-state index in [0.29, 0.717) is 36.5 Å². The predicted octanol–water partition coefficient (Wildman–Crippen LogP) is 5.80. The molecule has 4 aromatic rings. The fraction of sp³-hybridized carbons (Fsp3) is 0.452. The molecule has 4 rings (SSSR count). The van der Waals surface area contributed by atoms with Gasteiger partial charge in [-0.3, -0.25) is 9.29 Å². The van der Waals surface area contributed by atoms with Gasteiger partial charge < -0.3 is 9.26 Å². The number of sulfonamides is 1. The summed E-state index contributed by atoms with van der Waals surface area (Å²) in [5.74, 6) is 1.46. The van der Waals surface area contributed by atoms with Crippen molar-refractivity contribution in [2.75, 3.05) is 11.3 Å². The smallest absolute Gasteiger partial charge is 0.346 e. The van der Waals surface area contributed by atoms with E-state index >= 15 is 0 Å². The van der Waals surface area contributed by atoms with E-state index < -0.39 is 15.6 Å². The van der Waals surface area contributed by atoms with Gasteiger partial charge in [0.1, 0.15) is 11.6 Å². The van der Waals surface area contributed by atoms with Gasteiger partial charge in [-0.15, -0.1) is 0 Å². The monoisotopic (exact) mass is 595 g/mol. The second kappa shape index (κ2) is 12.7. The molecule has 226 valence electrons. The van der Waals surface area contributed by atoms with Crippen LogP contribution in [0.1, 0.15) is 75.7 Å². The average molecular weight is 596 g/mol. The molecular weight excluding hydrogens is 554 g/mol. The average Bonchev–Trinajstić information content (AvgIpc) is 3.43. The molecule has 0 aliphatic heterocycles. The number of hydrogen-bond donors (Lipinski definition) is 1. The summed E-state index contributed by atoms with van der Waals surface area (Å²) in [5, 5.41) is 8.56. The molecular formula is C31H41N5O5S. The van der Waals surface area contributed by atoms with E-state index in [2.05, 4.69) is 21.9 Å². The Kier molecular flexibility index (Phi) is 9.42. The van der Waals surface area contributed by atoms with Crippen LogP contribution in [0, 0.1) is 13.8 Å². The Balaban J connectivity index is 1.77. The molecule has 0 bridgehead atoms. The van der Waals surface area contributed by atoms with Crippen molar-refractivity contribution in [3.8, 4) is 11.1 Å². The summed E-state index contributed by atoms with van der Waals surface area (Å²) < 4.78 is 44.0. The first-order valence-corrected chi connectivity index (χ1v) is 15.8. The van der Waals surface area contributed by atoms with Crippen molar-refractivity contribution in [3.63, 3.8) is 0 Å². The van der Waals surface area contributed by atoms with Crippen LogP contribution in [-0.2, 0) is 39.9 Å². The lowest BCUT2D eigenvalue weighted by atomic mass is 9.97. The second-order valence-electron chi connectivity index (χ2n) is 11.4. The summed E-state index contributed by atoms with van der Waals surface area (Å²) in [6.07, 6.45) is 2.64. The molecule has 2 heterocycles. The van der Waals surface area contributed by atoms with Gasteiger partial charge in [-0.1, -0.05) is 54.9 Å². The Bertz CT molecular complexity index is 1710. The topological polar surface area (TPSA) is 121 Å². The van der Waals surface area contributed by atoms with Gasteiger partial charge in [-0.25, -0.2) is 17.9 Å². The Hall–Kier alpha value is -3.70. The summed E-state index contributed by atoms with van der Waals surface area (Å²) >= 11 is 0. The number of ether oxygens (including phenoxy) is 1. The summed E-state index contributed by atoms with van der Waals surface area (Å²) in [5.41, 5.74) is 3.01. The number of hydrogen-bond acceptors (Lipinski definition) is 7. The fourth-order valence-electron chi connectivity index (χ4n) is 4.69. The number of unbranched alkanes of at least 4 members (excludes halogenated alkanes) is 1. The van der Waals surface area contributed by atoms with Crippen LogP contribution in [0.5, 0.6) is 0 Å². The number of aromatic nitrogens is 4. The highest BCUT2D eigenvalue weighted by Crippen LogP contribution is 2.33. The zero-order chi connectivity index (χ0) is 30.7. The molecule has 0 atom stereocenters. The molecule has 0 aliphatic carbocycles. The van der Waals surface area contributed by atoms with Gasteiger partial charge in [0.05, 0.1) is 23.6 Å². The van der Waals surface area contributed by atoms with Crippen molar-refractivity contribution in [3.05, 3.63) is 81.2 Å². The second-order valence-corrected chi connectivity index (χ2v) is 13.1. The normalized spacial score (nSPS) is 12.2.